The summed E-state index contributed by atoms with van der Waals surface area (Å²) in [5.41, 5.74) is -1.57. The van der Waals surface area contributed by atoms with Crippen molar-refractivity contribution in [3.8, 4) is 0 Å². The van der Waals surface area contributed by atoms with Gasteiger partial charge in [-0.15, -0.1) is 0 Å². The summed E-state index contributed by atoms with van der Waals surface area (Å²) in [5.74, 6) is 0.190. The Bertz CT molecular complexity index is 559. The van der Waals surface area contributed by atoms with Crippen molar-refractivity contribution in [2.75, 3.05) is 0 Å². The highest BCUT2D eigenvalue weighted by Gasteiger charge is 2.19. The second kappa shape index (κ2) is 5.90. The zero-order valence-electron chi connectivity index (χ0n) is 10.9. The lowest BCUT2D eigenvalue weighted by Gasteiger charge is -2.26. The molecule has 0 bridgehead atoms. The Balaban J connectivity index is 2.06. The molecule has 0 atom stereocenters. The van der Waals surface area contributed by atoms with Gasteiger partial charge in [-0.05, 0) is 18.3 Å². The Labute approximate surface area is 115 Å². The molecule has 106 valence electrons. The highest BCUT2D eigenvalue weighted by Crippen LogP contribution is 2.30. The van der Waals surface area contributed by atoms with Crippen LogP contribution in [0.1, 0.15) is 39.0 Å². The first-order chi connectivity index (χ1) is 8.99. The van der Waals surface area contributed by atoms with Gasteiger partial charge in [0.05, 0.1) is 0 Å². The zero-order chi connectivity index (χ0) is 14.0. The van der Waals surface area contributed by atoms with Crippen LogP contribution in [0.3, 0.4) is 0 Å². The van der Waals surface area contributed by atoms with Crippen molar-refractivity contribution < 1.29 is 4.39 Å². The second-order valence-electron chi connectivity index (χ2n) is 5.43. The fraction of sp³-hybridized carbons (Fsp3) is 0.692. The smallest absolute Gasteiger partial charge is 0.295 e. The van der Waals surface area contributed by atoms with E-state index in [9.17, 15) is 14.0 Å². The average Bonchev–Trinajstić information content (AvgIpc) is 2.38. The van der Waals surface area contributed by atoms with Gasteiger partial charge < -0.3 is 0 Å². The van der Waals surface area contributed by atoms with E-state index in [0.717, 1.165) is 29.7 Å². The molecular formula is C13H18ClFN2O2. The van der Waals surface area contributed by atoms with Gasteiger partial charge >= 0.3 is 5.69 Å². The van der Waals surface area contributed by atoms with Crippen LogP contribution in [0.15, 0.2) is 9.59 Å². The van der Waals surface area contributed by atoms with Gasteiger partial charge in [0.25, 0.3) is 5.56 Å². The summed E-state index contributed by atoms with van der Waals surface area (Å²) in [6, 6.07) is 0. The maximum atomic E-state index is 13.4. The summed E-state index contributed by atoms with van der Waals surface area (Å²) >= 11 is 5.41. The molecule has 1 heterocycles. The number of H-pyrrole nitrogens is 1. The summed E-state index contributed by atoms with van der Waals surface area (Å²) in [6.45, 7) is 2.49. The molecule has 1 N–H and O–H groups in total. The van der Waals surface area contributed by atoms with E-state index >= 15 is 0 Å². The van der Waals surface area contributed by atoms with Gasteiger partial charge in [-0.2, -0.15) is 4.39 Å². The van der Waals surface area contributed by atoms with E-state index in [1.807, 2.05) is 0 Å². The minimum atomic E-state index is -1.08. The molecular weight excluding hydrogens is 271 g/mol. The van der Waals surface area contributed by atoms with Crippen LogP contribution in [0, 0.1) is 17.7 Å². The van der Waals surface area contributed by atoms with Gasteiger partial charge in [0.1, 0.15) is 0 Å². The Morgan fingerprint density at radius 3 is 2.58 bits per heavy atom. The Morgan fingerprint density at radius 1 is 1.32 bits per heavy atom. The van der Waals surface area contributed by atoms with Crippen LogP contribution in [0.2, 0.25) is 5.15 Å². The van der Waals surface area contributed by atoms with Gasteiger partial charge in [0.15, 0.2) is 5.15 Å². The maximum absolute atomic E-state index is 13.4. The monoisotopic (exact) mass is 288 g/mol. The first kappa shape index (κ1) is 14.3. The van der Waals surface area contributed by atoms with Crippen molar-refractivity contribution in [3.63, 3.8) is 0 Å². The molecule has 19 heavy (non-hydrogen) atoms. The van der Waals surface area contributed by atoms with Crippen molar-refractivity contribution in [2.45, 2.75) is 45.6 Å². The molecule has 1 aliphatic rings. The molecule has 0 aromatic carbocycles. The molecule has 1 saturated carbocycles. The number of aromatic nitrogens is 2. The van der Waals surface area contributed by atoms with Crippen LogP contribution in [-0.2, 0) is 6.54 Å². The first-order valence-corrected chi connectivity index (χ1v) is 7.05. The van der Waals surface area contributed by atoms with Crippen molar-refractivity contribution >= 4 is 11.6 Å². The van der Waals surface area contributed by atoms with E-state index in [1.54, 1.807) is 0 Å². The van der Waals surface area contributed by atoms with Gasteiger partial charge in [0.2, 0.25) is 5.82 Å². The number of aromatic amines is 1. The molecule has 0 unspecified atom stereocenters. The molecule has 0 aliphatic heterocycles. The molecule has 1 aromatic heterocycles. The molecule has 0 spiro atoms. The highest BCUT2D eigenvalue weighted by molar-refractivity contribution is 6.29. The number of nitrogens with one attached hydrogen (secondary N) is 1. The van der Waals surface area contributed by atoms with E-state index < -0.39 is 22.2 Å². The van der Waals surface area contributed by atoms with E-state index in [1.165, 1.54) is 12.8 Å². The Kier molecular flexibility index (Phi) is 4.45. The summed E-state index contributed by atoms with van der Waals surface area (Å²) in [5, 5.41) is -0.516. The van der Waals surface area contributed by atoms with Crippen molar-refractivity contribution in [3.05, 3.63) is 31.8 Å². The van der Waals surface area contributed by atoms with Gasteiger partial charge in [-0.1, -0.05) is 44.2 Å². The molecule has 4 nitrogen and oxygen atoms in total. The number of nitrogens with zero attached hydrogens (tertiary/aromatic N) is 1. The van der Waals surface area contributed by atoms with Crippen LogP contribution in [0.25, 0.3) is 0 Å². The molecule has 1 aromatic rings. The lowest BCUT2D eigenvalue weighted by atomic mass is 9.81. The Hall–Kier alpha value is -1.10. The quantitative estimate of drug-likeness (QED) is 0.869. The first-order valence-electron chi connectivity index (χ1n) is 6.67. The fourth-order valence-electron chi connectivity index (χ4n) is 2.65. The minimum absolute atomic E-state index is 0.251. The lowest BCUT2D eigenvalue weighted by Crippen LogP contribution is -2.37. The average molecular weight is 289 g/mol. The molecule has 0 saturated heterocycles. The number of halogens is 2. The minimum Gasteiger partial charge on any atom is -0.295 e. The van der Waals surface area contributed by atoms with Crippen LogP contribution in [0.4, 0.5) is 4.39 Å². The highest BCUT2D eigenvalue weighted by atomic mass is 35.5. The van der Waals surface area contributed by atoms with Gasteiger partial charge in [-0.25, -0.2) is 4.79 Å². The van der Waals surface area contributed by atoms with Crippen molar-refractivity contribution in [1.29, 1.82) is 0 Å². The van der Waals surface area contributed by atoms with Crippen LogP contribution in [0.5, 0.6) is 0 Å². The van der Waals surface area contributed by atoms with Crippen LogP contribution < -0.4 is 11.2 Å². The van der Waals surface area contributed by atoms with E-state index in [-0.39, 0.29) is 6.54 Å². The predicted molar refractivity (Wildman–Crippen MR) is 72.0 cm³/mol. The molecule has 1 fully saturated rings. The summed E-state index contributed by atoms with van der Waals surface area (Å²) in [6.07, 6.45) is 5.33. The molecule has 1 aliphatic carbocycles. The molecule has 0 radical (unpaired) electrons. The van der Waals surface area contributed by atoms with Crippen molar-refractivity contribution in [1.82, 2.24) is 9.55 Å². The SMILES string of the molecule is CC1CCC(CCn2c(=O)[nH]c(Cl)c(F)c2=O)CC1. The van der Waals surface area contributed by atoms with Crippen LogP contribution >= 0.6 is 11.6 Å². The fourth-order valence-corrected chi connectivity index (χ4v) is 2.82. The number of rotatable bonds is 3. The topological polar surface area (TPSA) is 54.9 Å². The normalized spacial score (nSPS) is 23.5. The standard InChI is InChI=1S/C13H18ClFN2O2/c1-8-2-4-9(5-3-8)6-7-17-12(18)10(15)11(14)16-13(17)19/h8-9H,2-7H2,1H3,(H,16,19). The number of hydrogen-bond acceptors (Lipinski definition) is 2. The van der Waals surface area contributed by atoms with Gasteiger partial charge in [0, 0.05) is 6.54 Å². The van der Waals surface area contributed by atoms with E-state index in [4.69, 9.17) is 11.6 Å². The summed E-state index contributed by atoms with van der Waals surface area (Å²) < 4.78 is 14.3. The van der Waals surface area contributed by atoms with E-state index in [2.05, 4.69) is 11.9 Å². The Morgan fingerprint density at radius 2 is 1.95 bits per heavy atom. The zero-order valence-corrected chi connectivity index (χ0v) is 11.7. The van der Waals surface area contributed by atoms with Gasteiger partial charge in [-0.3, -0.25) is 14.3 Å². The molecule has 0 amide bonds. The summed E-state index contributed by atoms with van der Waals surface area (Å²) in [7, 11) is 0. The molecule has 6 heteroatoms. The summed E-state index contributed by atoms with van der Waals surface area (Å²) in [4.78, 5) is 25.4. The maximum Gasteiger partial charge on any atom is 0.329 e. The van der Waals surface area contributed by atoms with Crippen LogP contribution in [-0.4, -0.2) is 9.55 Å². The van der Waals surface area contributed by atoms with E-state index in [0.29, 0.717) is 5.92 Å². The van der Waals surface area contributed by atoms with Crippen molar-refractivity contribution in [2.24, 2.45) is 11.8 Å². The largest absolute Gasteiger partial charge is 0.329 e. The second-order valence-corrected chi connectivity index (χ2v) is 5.81. The molecule has 2 rings (SSSR count). The third kappa shape index (κ3) is 3.26. The third-order valence-corrected chi connectivity index (χ3v) is 4.24. The third-order valence-electron chi connectivity index (χ3n) is 3.98. The number of hydrogen-bond donors (Lipinski definition) is 1. The predicted octanol–water partition coefficient (Wildman–Crippen LogP) is 2.55. The lowest BCUT2D eigenvalue weighted by molar-refractivity contribution is 0.266.